The van der Waals surface area contributed by atoms with Gasteiger partial charge in [-0.2, -0.15) is 0 Å². The van der Waals surface area contributed by atoms with E-state index < -0.39 is 0 Å². The van der Waals surface area contributed by atoms with Crippen molar-refractivity contribution in [2.75, 3.05) is 13.6 Å². The van der Waals surface area contributed by atoms with E-state index in [4.69, 9.17) is 4.98 Å². The van der Waals surface area contributed by atoms with Gasteiger partial charge in [0.2, 0.25) is 0 Å². The Labute approximate surface area is 130 Å². The average molecular weight is 297 g/mol. The van der Waals surface area contributed by atoms with Crippen molar-refractivity contribution in [3.63, 3.8) is 0 Å². The van der Waals surface area contributed by atoms with Gasteiger partial charge in [0, 0.05) is 6.04 Å². The maximum Gasteiger partial charge on any atom is 0.261 e. The minimum absolute atomic E-state index is 0.160. The number of hydrogen-bond donors (Lipinski definition) is 0. The van der Waals surface area contributed by atoms with E-state index >= 15 is 0 Å². The molecule has 0 amide bonds. The first kappa shape index (κ1) is 13.9. The zero-order chi connectivity index (χ0) is 15.1. The van der Waals surface area contributed by atoms with Gasteiger partial charge in [-0.3, -0.25) is 14.3 Å². The van der Waals surface area contributed by atoms with Crippen LogP contribution in [0.4, 0.5) is 0 Å². The molecule has 1 unspecified atom stereocenters. The van der Waals surface area contributed by atoms with Crippen molar-refractivity contribution in [2.45, 2.75) is 50.6 Å². The van der Waals surface area contributed by atoms with Gasteiger partial charge in [-0.05, 0) is 51.4 Å². The van der Waals surface area contributed by atoms with E-state index in [-0.39, 0.29) is 11.6 Å². The second-order valence-corrected chi connectivity index (χ2v) is 6.74. The van der Waals surface area contributed by atoms with E-state index in [1.54, 1.807) is 0 Å². The molecule has 4 rings (SSSR count). The molecule has 2 aromatic rings. The summed E-state index contributed by atoms with van der Waals surface area (Å²) in [6, 6.07) is 8.42. The highest BCUT2D eigenvalue weighted by molar-refractivity contribution is 5.77. The molecule has 1 aromatic carbocycles. The van der Waals surface area contributed by atoms with E-state index in [0.29, 0.717) is 6.04 Å². The molecular weight excluding hydrogens is 274 g/mol. The van der Waals surface area contributed by atoms with Crippen LogP contribution in [0.15, 0.2) is 29.1 Å². The zero-order valence-corrected chi connectivity index (χ0v) is 13.2. The van der Waals surface area contributed by atoms with Crippen LogP contribution in [-0.2, 0) is 0 Å². The second kappa shape index (κ2) is 5.51. The van der Waals surface area contributed by atoms with E-state index in [2.05, 4.69) is 11.9 Å². The summed E-state index contributed by atoms with van der Waals surface area (Å²) in [5, 5.41) is 0.763. The van der Waals surface area contributed by atoms with Crippen LogP contribution < -0.4 is 5.56 Å². The van der Waals surface area contributed by atoms with Crippen LogP contribution >= 0.6 is 0 Å². The Hall–Kier alpha value is -1.68. The largest absolute Gasteiger partial charge is 0.297 e. The normalized spacial score (nSPS) is 23.6. The maximum absolute atomic E-state index is 13.1. The SMILES string of the molecule is CN1CCCC1c1nc2ccccc2c(=O)n1C1CCCC1. The summed E-state index contributed by atoms with van der Waals surface area (Å²) in [5.41, 5.74) is 1.00. The summed E-state index contributed by atoms with van der Waals surface area (Å²) in [7, 11) is 2.15. The zero-order valence-electron chi connectivity index (χ0n) is 13.2. The molecule has 0 radical (unpaired) electrons. The smallest absolute Gasteiger partial charge is 0.261 e. The number of hydrogen-bond acceptors (Lipinski definition) is 3. The van der Waals surface area contributed by atoms with E-state index in [1.807, 2.05) is 28.8 Å². The number of rotatable bonds is 2. The molecule has 4 nitrogen and oxygen atoms in total. The number of nitrogens with zero attached hydrogens (tertiary/aromatic N) is 3. The molecule has 22 heavy (non-hydrogen) atoms. The van der Waals surface area contributed by atoms with Crippen LogP contribution in [0.1, 0.15) is 56.4 Å². The van der Waals surface area contributed by atoms with Crippen molar-refractivity contribution < 1.29 is 0 Å². The lowest BCUT2D eigenvalue weighted by molar-refractivity contribution is 0.287. The predicted octanol–water partition coefficient (Wildman–Crippen LogP) is 3.28. The molecule has 0 spiro atoms. The quantitative estimate of drug-likeness (QED) is 0.854. The molecule has 1 aliphatic heterocycles. The molecule has 2 fully saturated rings. The Bertz CT molecular complexity index is 746. The van der Waals surface area contributed by atoms with Crippen LogP contribution in [0.5, 0.6) is 0 Å². The third-order valence-electron chi connectivity index (χ3n) is 5.34. The highest BCUT2D eigenvalue weighted by Gasteiger charge is 2.31. The molecule has 4 heteroatoms. The predicted molar refractivity (Wildman–Crippen MR) is 88.1 cm³/mol. The summed E-state index contributed by atoms with van der Waals surface area (Å²) in [4.78, 5) is 20.4. The van der Waals surface area contributed by atoms with Gasteiger partial charge < -0.3 is 0 Å². The summed E-state index contributed by atoms with van der Waals surface area (Å²) in [6.45, 7) is 1.10. The summed E-state index contributed by atoms with van der Waals surface area (Å²) >= 11 is 0. The Kier molecular flexibility index (Phi) is 3.49. The van der Waals surface area contributed by atoms with Gasteiger partial charge in [0.05, 0.1) is 16.9 Å². The number of aromatic nitrogens is 2. The first-order valence-corrected chi connectivity index (χ1v) is 8.47. The van der Waals surface area contributed by atoms with Crippen LogP contribution in [0.2, 0.25) is 0 Å². The second-order valence-electron chi connectivity index (χ2n) is 6.74. The van der Waals surface area contributed by atoms with Gasteiger partial charge >= 0.3 is 0 Å². The summed E-state index contributed by atoms with van der Waals surface area (Å²) in [5.74, 6) is 0.996. The Morgan fingerprint density at radius 1 is 1.09 bits per heavy atom. The molecule has 1 atom stereocenters. The molecule has 116 valence electrons. The fourth-order valence-electron chi connectivity index (χ4n) is 4.15. The first-order valence-electron chi connectivity index (χ1n) is 8.47. The third-order valence-corrected chi connectivity index (χ3v) is 5.34. The van der Waals surface area contributed by atoms with E-state index in [0.717, 1.165) is 42.5 Å². The highest BCUT2D eigenvalue weighted by atomic mass is 16.1. The molecule has 2 aliphatic rings. The van der Waals surface area contributed by atoms with Crippen molar-refractivity contribution >= 4 is 10.9 Å². The van der Waals surface area contributed by atoms with Gasteiger partial charge in [0.1, 0.15) is 5.82 Å². The maximum atomic E-state index is 13.1. The number of para-hydroxylation sites is 1. The topological polar surface area (TPSA) is 38.1 Å². The lowest BCUT2D eigenvalue weighted by atomic mass is 10.1. The van der Waals surface area contributed by atoms with E-state index in [1.165, 1.54) is 19.3 Å². The highest BCUT2D eigenvalue weighted by Crippen LogP contribution is 2.35. The lowest BCUT2D eigenvalue weighted by Gasteiger charge is -2.26. The van der Waals surface area contributed by atoms with Crippen LogP contribution in [0.25, 0.3) is 10.9 Å². The minimum atomic E-state index is 0.160. The molecule has 2 heterocycles. The number of likely N-dealkylation sites (tertiary alicyclic amines) is 1. The van der Waals surface area contributed by atoms with Crippen molar-refractivity contribution in [3.05, 3.63) is 40.4 Å². The molecule has 0 N–H and O–H groups in total. The number of fused-ring (bicyclic) bond motifs is 1. The van der Waals surface area contributed by atoms with Crippen molar-refractivity contribution in [1.82, 2.24) is 14.5 Å². The van der Waals surface area contributed by atoms with Gasteiger partial charge in [0.25, 0.3) is 5.56 Å². The van der Waals surface area contributed by atoms with Crippen molar-refractivity contribution in [3.8, 4) is 0 Å². The Balaban J connectivity index is 1.95. The molecular formula is C18H23N3O. The molecule has 1 aliphatic carbocycles. The fraction of sp³-hybridized carbons (Fsp3) is 0.556. The van der Waals surface area contributed by atoms with Crippen molar-refractivity contribution in [1.29, 1.82) is 0 Å². The van der Waals surface area contributed by atoms with Gasteiger partial charge in [-0.1, -0.05) is 25.0 Å². The molecule has 1 saturated carbocycles. The molecule has 1 aromatic heterocycles. The fourth-order valence-corrected chi connectivity index (χ4v) is 4.15. The van der Waals surface area contributed by atoms with Gasteiger partial charge in [-0.15, -0.1) is 0 Å². The number of benzene rings is 1. The van der Waals surface area contributed by atoms with Crippen molar-refractivity contribution in [2.24, 2.45) is 0 Å². The minimum Gasteiger partial charge on any atom is -0.297 e. The monoisotopic (exact) mass is 297 g/mol. The summed E-state index contributed by atoms with van der Waals surface area (Å²) < 4.78 is 2.04. The molecule has 0 bridgehead atoms. The van der Waals surface area contributed by atoms with Gasteiger partial charge in [-0.25, -0.2) is 4.98 Å². The Morgan fingerprint density at radius 3 is 2.59 bits per heavy atom. The Morgan fingerprint density at radius 2 is 1.86 bits per heavy atom. The first-order chi connectivity index (χ1) is 10.8. The average Bonchev–Trinajstić information content (AvgIpc) is 3.18. The van der Waals surface area contributed by atoms with Gasteiger partial charge in [0.15, 0.2) is 0 Å². The van der Waals surface area contributed by atoms with Crippen LogP contribution in [-0.4, -0.2) is 28.0 Å². The lowest BCUT2D eigenvalue weighted by Crippen LogP contribution is -2.32. The third kappa shape index (κ3) is 2.17. The summed E-state index contributed by atoms with van der Waals surface area (Å²) in [6.07, 6.45) is 6.98. The standard InChI is InChI=1S/C18H23N3O/c1-20-12-6-11-16(20)17-19-15-10-5-4-9-14(15)18(22)21(17)13-7-2-3-8-13/h4-5,9-10,13,16H,2-3,6-8,11-12H2,1H3. The van der Waals surface area contributed by atoms with Crippen LogP contribution in [0, 0.1) is 0 Å². The molecule has 1 saturated heterocycles. The van der Waals surface area contributed by atoms with E-state index in [9.17, 15) is 4.79 Å². The van der Waals surface area contributed by atoms with Crippen LogP contribution in [0.3, 0.4) is 0 Å².